The fourth-order valence-electron chi connectivity index (χ4n) is 3.28. The van der Waals surface area contributed by atoms with Crippen molar-refractivity contribution < 1.29 is 9.53 Å². The van der Waals surface area contributed by atoms with Gasteiger partial charge in [0.15, 0.2) is 0 Å². The molecule has 1 aromatic rings. The maximum absolute atomic E-state index is 11.8. The van der Waals surface area contributed by atoms with Crippen molar-refractivity contribution in [2.75, 3.05) is 40.3 Å². The van der Waals surface area contributed by atoms with Gasteiger partial charge in [-0.25, -0.2) is 0 Å². The highest BCUT2D eigenvalue weighted by Gasteiger charge is 2.49. The number of morpholine rings is 1. The van der Waals surface area contributed by atoms with Crippen molar-refractivity contribution in [3.63, 3.8) is 0 Å². The van der Waals surface area contributed by atoms with Gasteiger partial charge in [-0.1, -0.05) is 0 Å². The molecule has 1 spiro atoms. The van der Waals surface area contributed by atoms with E-state index >= 15 is 0 Å². The number of rotatable bonds is 3. The molecule has 2 aliphatic heterocycles. The Labute approximate surface area is 129 Å². The SMILES string of the molecule is CNC(=O)C1COC2(CN(Cc3sccc3C)C2)CN1C. The first-order valence-electron chi connectivity index (χ1n) is 7.34. The van der Waals surface area contributed by atoms with Crippen molar-refractivity contribution in [2.24, 2.45) is 0 Å². The number of carbonyl (C=O) groups excluding carboxylic acids is 1. The highest BCUT2D eigenvalue weighted by Crippen LogP contribution is 2.32. The number of likely N-dealkylation sites (N-methyl/N-ethyl adjacent to an activating group) is 2. The van der Waals surface area contributed by atoms with E-state index in [-0.39, 0.29) is 17.6 Å². The number of nitrogens with one attached hydrogen (secondary N) is 1. The Morgan fingerprint density at radius 1 is 1.52 bits per heavy atom. The summed E-state index contributed by atoms with van der Waals surface area (Å²) in [4.78, 5) is 17.8. The molecule has 3 heterocycles. The first-order chi connectivity index (χ1) is 10.0. The van der Waals surface area contributed by atoms with Gasteiger partial charge in [0, 0.05) is 38.1 Å². The fourth-order valence-corrected chi connectivity index (χ4v) is 4.22. The van der Waals surface area contributed by atoms with Crippen LogP contribution in [-0.2, 0) is 16.1 Å². The van der Waals surface area contributed by atoms with Crippen LogP contribution < -0.4 is 5.32 Å². The minimum atomic E-state index is -0.158. The van der Waals surface area contributed by atoms with Crippen molar-refractivity contribution in [3.8, 4) is 0 Å². The summed E-state index contributed by atoms with van der Waals surface area (Å²) in [7, 11) is 3.69. The van der Waals surface area contributed by atoms with E-state index in [0.29, 0.717) is 6.61 Å². The summed E-state index contributed by atoms with van der Waals surface area (Å²) in [5.74, 6) is 0.0396. The van der Waals surface area contributed by atoms with Gasteiger partial charge in [-0.3, -0.25) is 14.6 Å². The van der Waals surface area contributed by atoms with E-state index in [1.165, 1.54) is 10.4 Å². The number of ether oxygens (including phenoxy) is 1. The van der Waals surface area contributed by atoms with Crippen LogP contribution in [0.1, 0.15) is 10.4 Å². The van der Waals surface area contributed by atoms with Crippen molar-refractivity contribution in [1.29, 1.82) is 0 Å². The average molecular weight is 309 g/mol. The summed E-state index contributed by atoms with van der Waals surface area (Å²) in [5.41, 5.74) is 1.30. The lowest BCUT2D eigenvalue weighted by atomic mass is 9.90. The third kappa shape index (κ3) is 2.85. The molecule has 2 aliphatic rings. The van der Waals surface area contributed by atoms with Crippen LogP contribution in [0.25, 0.3) is 0 Å². The smallest absolute Gasteiger partial charge is 0.239 e. The monoisotopic (exact) mass is 309 g/mol. The van der Waals surface area contributed by atoms with Crippen molar-refractivity contribution in [2.45, 2.75) is 25.1 Å². The maximum Gasteiger partial charge on any atom is 0.239 e. The van der Waals surface area contributed by atoms with Gasteiger partial charge in [0.2, 0.25) is 5.91 Å². The molecule has 21 heavy (non-hydrogen) atoms. The maximum atomic E-state index is 11.8. The molecule has 2 saturated heterocycles. The van der Waals surface area contributed by atoms with Gasteiger partial charge < -0.3 is 10.1 Å². The van der Waals surface area contributed by atoms with Crippen LogP contribution in [0.2, 0.25) is 0 Å². The molecule has 2 fully saturated rings. The molecule has 116 valence electrons. The van der Waals surface area contributed by atoms with Gasteiger partial charge in [0.05, 0.1) is 6.61 Å². The molecule has 1 atom stereocenters. The molecule has 1 unspecified atom stereocenters. The van der Waals surface area contributed by atoms with Crippen LogP contribution >= 0.6 is 11.3 Å². The average Bonchev–Trinajstić information content (AvgIpc) is 2.82. The van der Waals surface area contributed by atoms with Gasteiger partial charge in [0.1, 0.15) is 11.6 Å². The third-order valence-corrected chi connectivity index (χ3v) is 5.53. The first kappa shape index (κ1) is 15.0. The molecule has 1 N–H and O–H groups in total. The lowest BCUT2D eigenvalue weighted by Crippen LogP contribution is -2.71. The van der Waals surface area contributed by atoms with E-state index in [0.717, 1.165) is 26.2 Å². The molecule has 0 aliphatic carbocycles. The number of aryl methyl sites for hydroxylation is 1. The molecule has 5 nitrogen and oxygen atoms in total. The fraction of sp³-hybridized carbons (Fsp3) is 0.667. The summed E-state index contributed by atoms with van der Waals surface area (Å²) in [5, 5.41) is 4.86. The van der Waals surface area contributed by atoms with E-state index in [9.17, 15) is 4.79 Å². The minimum absolute atomic E-state index is 0.0396. The van der Waals surface area contributed by atoms with Gasteiger partial charge in [0.25, 0.3) is 0 Å². The quantitative estimate of drug-likeness (QED) is 0.892. The van der Waals surface area contributed by atoms with Crippen LogP contribution in [0.3, 0.4) is 0 Å². The standard InChI is InChI=1S/C15H23N3O2S/c1-11-4-5-21-13(11)6-18-9-15(10-18)8-17(3)12(7-20-15)14(19)16-2/h4-5,12H,6-10H2,1-3H3,(H,16,19). The Balaban J connectivity index is 1.54. The molecule has 6 heteroatoms. The second kappa shape index (κ2) is 5.68. The van der Waals surface area contributed by atoms with Crippen LogP contribution in [-0.4, -0.2) is 67.7 Å². The Morgan fingerprint density at radius 2 is 2.29 bits per heavy atom. The summed E-state index contributed by atoms with van der Waals surface area (Å²) in [6.45, 7) is 6.40. The van der Waals surface area contributed by atoms with E-state index < -0.39 is 0 Å². The van der Waals surface area contributed by atoms with E-state index in [4.69, 9.17) is 4.74 Å². The lowest BCUT2D eigenvalue weighted by molar-refractivity contribution is -0.198. The highest BCUT2D eigenvalue weighted by atomic mass is 32.1. The van der Waals surface area contributed by atoms with E-state index in [1.54, 1.807) is 7.05 Å². The van der Waals surface area contributed by atoms with Crippen LogP contribution in [0, 0.1) is 6.92 Å². The Kier molecular flexibility index (Phi) is 4.05. The number of nitrogens with zero attached hydrogens (tertiary/aromatic N) is 2. The third-order valence-electron chi connectivity index (χ3n) is 4.52. The highest BCUT2D eigenvalue weighted by molar-refractivity contribution is 7.10. The van der Waals surface area contributed by atoms with E-state index in [1.807, 2.05) is 18.4 Å². The Morgan fingerprint density at radius 3 is 2.86 bits per heavy atom. The summed E-state index contributed by atoms with van der Waals surface area (Å²) < 4.78 is 6.05. The van der Waals surface area contributed by atoms with Crippen molar-refractivity contribution in [3.05, 3.63) is 21.9 Å². The number of hydrogen-bond donors (Lipinski definition) is 1. The molecular formula is C15H23N3O2S. The van der Waals surface area contributed by atoms with Gasteiger partial charge in [-0.05, 0) is 31.0 Å². The van der Waals surface area contributed by atoms with Crippen LogP contribution in [0.4, 0.5) is 0 Å². The number of thiophene rings is 1. The second-order valence-electron chi connectivity index (χ2n) is 6.21. The van der Waals surface area contributed by atoms with Crippen LogP contribution in [0.15, 0.2) is 11.4 Å². The summed E-state index contributed by atoms with van der Waals surface area (Å²) in [6.07, 6.45) is 0. The minimum Gasteiger partial charge on any atom is -0.369 e. The number of hydrogen-bond acceptors (Lipinski definition) is 5. The Hall–Kier alpha value is -0.950. The Bertz CT molecular complexity index is 525. The second-order valence-corrected chi connectivity index (χ2v) is 7.21. The molecule has 1 amide bonds. The van der Waals surface area contributed by atoms with E-state index in [2.05, 4.69) is 33.5 Å². The summed E-state index contributed by atoms with van der Waals surface area (Å²) in [6, 6.07) is 2.02. The molecule has 0 aromatic carbocycles. The molecule has 3 rings (SSSR count). The summed E-state index contributed by atoms with van der Waals surface area (Å²) >= 11 is 1.82. The molecular weight excluding hydrogens is 286 g/mol. The normalized spacial score (nSPS) is 25.8. The van der Waals surface area contributed by atoms with Gasteiger partial charge in [-0.2, -0.15) is 0 Å². The molecule has 0 bridgehead atoms. The number of likely N-dealkylation sites (tertiary alicyclic amines) is 1. The zero-order valence-corrected chi connectivity index (χ0v) is 13.7. The van der Waals surface area contributed by atoms with Crippen molar-refractivity contribution in [1.82, 2.24) is 15.1 Å². The largest absolute Gasteiger partial charge is 0.369 e. The zero-order valence-electron chi connectivity index (χ0n) is 12.9. The first-order valence-corrected chi connectivity index (χ1v) is 8.22. The zero-order chi connectivity index (χ0) is 15.0. The van der Waals surface area contributed by atoms with Crippen LogP contribution in [0.5, 0.6) is 0 Å². The van der Waals surface area contributed by atoms with Gasteiger partial charge >= 0.3 is 0 Å². The lowest BCUT2D eigenvalue weighted by Gasteiger charge is -2.54. The predicted molar refractivity (Wildman–Crippen MR) is 83.5 cm³/mol. The van der Waals surface area contributed by atoms with Gasteiger partial charge in [-0.15, -0.1) is 11.3 Å². The molecule has 1 aromatic heterocycles. The topological polar surface area (TPSA) is 44.8 Å². The molecule has 0 saturated carbocycles. The predicted octanol–water partition coefficient (Wildman–Crippen LogP) is 0.688. The molecule has 0 radical (unpaired) electrons. The number of amides is 1. The number of carbonyl (C=O) groups is 1. The van der Waals surface area contributed by atoms with Crippen molar-refractivity contribution >= 4 is 17.2 Å².